The van der Waals surface area contributed by atoms with Gasteiger partial charge in [-0.3, -0.25) is 4.79 Å². The second-order valence-corrected chi connectivity index (χ2v) is 9.29. The molecular formula is C25H29ClFN5O. The highest BCUT2D eigenvalue weighted by molar-refractivity contribution is 6.34. The Morgan fingerprint density at radius 3 is 2.58 bits per heavy atom. The van der Waals surface area contributed by atoms with Crippen molar-refractivity contribution in [1.82, 2.24) is 15.3 Å². The van der Waals surface area contributed by atoms with Gasteiger partial charge in [-0.25, -0.2) is 9.37 Å². The number of nitrogens with one attached hydrogen (secondary N) is 2. The summed E-state index contributed by atoms with van der Waals surface area (Å²) in [4.78, 5) is 23.9. The Bertz CT molecular complexity index is 1160. The summed E-state index contributed by atoms with van der Waals surface area (Å²) in [6, 6.07) is 11.1. The number of carbonyl (C=O) groups is 1. The predicted molar refractivity (Wildman–Crippen MR) is 132 cm³/mol. The first-order valence-electron chi connectivity index (χ1n) is 11.3. The lowest BCUT2D eigenvalue weighted by Crippen LogP contribution is -2.34. The molecule has 0 saturated heterocycles. The second-order valence-electron chi connectivity index (χ2n) is 8.91. The molecule has 2 aromatic carbocycles. The first-order chi connectivity index (χ1) is 15.8. The number of benzene rings is 2. The molecule has 8 heteroatoms. The number of hydrogen-bond donors (Lipinski definition) is 2. The van der Waals surface area contributed by atoms with Crippen molar-refractivity contribution in [2.75, 3.05) is 30.9 Å². The molecule has 1 saturated carbocycles. The van der Waals surface area contributed by atoms with E-state index in [1.165, 1.54) is 6.07 Å². The smallest absolute Gasteiger partial charge is 0.255 e. The summed E-state index contributed by atoms with van der Waals surface area (Å²) >= 11 is 6.15. The van der Waals surface area contributed by atoms with Gasteiger partial charge >= 0.3 is 0 Å². The second kappa shape index (κ2) is 9.91. The first-order valence-corrected chi connectivity index (χ1v) is 11.6. The predicted octanol–water partition coefficient (Wildman–Crippen LogP) is 5.20. The molecular weight excluding hydrogens is 441 g/mol. The van der Waals surface area contributed by atoms with Crippen LogP contribution in [0.25, 0.3) is 10.9 Å². The maximum Gasteiger partial charge on any atom is 0.255 e. The van der Waals surface area contributed by atoms with E-state index in [-0.39, 0.29) is 16.6 Å². The average Bonchev–Trinajstić information content (AvgIpc) is 2.80. The minimum absolute atomic E-state index is 0.0721. The van der Waals surface area contributed by atoms with E-state index in [1.807, 2.05) is 43.3 Å². The van der Waals surface area contributed by atoms with E-state index in [2.05, 4.69) is 10.6 Å². The maximum atomic E-state index is 14.1. The van der Waals surface area contributed by atoms with E-state index >= 15 is 0 Å². The van der Waals surface area contributed by atoms with Crippen molar-refractivity contribution >= 4 is 40.2 Å². The van der Waals surface area contributed by atoms with Gasteiger partial charge < -0.3 is 15.5 Å². The van der Waals surface area contributed by atoms with Crippen LogP contribution in [0.3, 0.4) is 0 Å². The third-order valence-electron chi connectivity index (χ3n) is 6.25. The topological polar surface area (TPSA) is 70.2 Å². The number of rotatable bonds is 6. The largest absolute Gasteiger partial charge is 0.362 e. The fourth-order valence-corrected chi connectivity index (χ4v) is 4.59. The Hall–Kier alpha value is -2.93. The minimum atomic E-state index is -0.594. The molecule has 4 rings (SSSR count). The molecule has 33 heavy (non-hydrogen) atoms. The van der Waals surface area contributed by atoms with E-state index in [9.17, 15) is 9.18 Å². The van der Waals surface area contributed by atoms with Gasteiger partial charge in [-0.05, 0) is 62.3 Å². The first kappa shape index (κ1) is 23.2. The molecule has 1 fully saturated rings. The molecule has 0 unspecified atom stereocenters. The fraction of sp³-hybridized carbons (Fsp3) is 0.400. The molecule has 1 aliphatic carbocycles. The van der Waals surface area contributed by atoms with Crippen LogP contribution >= 0.6 is 11.6 Å². The highest BCUT2D eigenvalue weighted by Crippen LogP contribution is 2.29. The quantitative estimate of drug-likeness (QED) is 0.519. The summed E-state index contributed by atoms with van der Waals surface area (Å²) in [5.41, 5.74) is 1.53. The zero-order valence-corrected chi connectivity index (χ0v) is 19.9. The number of aromatic nitrogens is 2. The number of aryl methyl sites for hydroxylation is 1. The highest BCUT2D eigenvalue weighted by Gasteiger charge is 2.24. The molecule has 3 aromatic rings. The lowest BCUT2D eigenvalue weighted by atomic mass is 9.86. The minimum Gasteiger partial charge on any atom is -0.362 e. The van der Waals surface area contributed by atoms with Crippen LogP contribution in [0.4, 0.5) is 16.2 Å². The highest BCUT2D eigenvalue weighted by atomic mass is 35.5. The van der Waals surface area contributed by atoms with E-state index in [1.54, 1.807) is 13.0 Å². The van der Waals surface area contributed by atoms with Gasteiger partial charge in [0.2, 0.25) is 5.95 Å². The molecule has 1 aliphatic rings. The van der Waals surface area contributed by atoms with Crippen molar-refractivity contribution in [1.29, 1.82) is 0 Å². The van der Waals surface area contributed by atoms with Crippen LogP contribution in [0.2, 0.25) is 5.02 Å². The molecule has 1 amide bonds. The van der Waals surface area contributed by atoms with Crippen molar-refractivity contribution in [3.05, 3.63) is 58.4 Å². The molecule has 6 nitrogen and oxygen atoms in total. The Morgan fingerprint density at radius 2 is 1.85 bits per heavy atom. The zero-order chi connectivity index (χ0) is 23.5. The fourth-order valence-electron chi connectivity index (χ4n) is 4.35. The number of halogens is 2. The molecule has 0 aliphatic heterocycles. The maximum absolute atomic E-state index is 14.1. The Kier molecular flexibility index (Phi) is 6.98. The van der Waals surface area contributed by atoms with Crippen LogP contribution < -0.4 is 15.5 Å². The number of para-hydroxylation sites is 1. The summed E-state index contributed by atoms with van der Waals surface area (Å²) in [6.45, 7) is 2.26. The van der Waals surface area contributed by atoms with Gasteiger partial charge in [0.15, 0.2) is 0 Å². The van der Waals surface area contributed by atoms with Gasteiger partial charge in [0.1, 0.15) is 11.6 Å². The molecule has 0 radical (unpaired) electrons. The normalized spacial score (nSPS) is 18.2. The standard InChI is InChI=1S/C25H29ClFN5O/c1-15-8-13-19(27)21(22(15)26)24(33)28-14-16-9-11-17(12-10-16)29-25-30-20-7-5-4-6-18(20)23(31-25)32(2)3/h4-8,13,16-17H,9-12,14H2,1-3H3,(H,28,33)(H,29,30,31). The number of carbonyl (C=O) groups excluding carboxylic acids is 1. The van der Waals surface area contributed by atoms with Crippen LogP contribution in [-0.2, 0) is 0 Å². The van der Waals surface area contributed by atoms with Gasteiger partial charge in [0.25, 0.3) is 5.91 Å². The average molecular weight is 470 g/mol. The van der Waals surface area contributed by atoms with E-state index in [0.717, 1.165) is 42.4 Å². The monoisotopic (exact) mass is 469 g/mol. The summed E-state index contributed by atoms with van der Waals surface area (Å²) in [7, 11) is 3.96. The van der Waals surface area contributed by atoms with Crippen LogP contribution in [-0.4, -0.2) is 42.6 Å². The lowest BCUT2D eigenvalue weighted by molar-refractivity contribution is 0.0939. The third-order valence-corrected chi connectivity index (χ3v) is 6.74. The summed E-state index contributed by atoms with van der Waals surface area (Å²) in [6.07, 6.45) is 3.81. The van der Waals surface area contributed by atoms with Crippen molar-refractivity contribution in [2.24, 2.45) is 5.92 Å². The Balaban J connectivity index is 1.34. The van der Waals surface area contributed by atoms with Crippen molar-refractivity contribution in [3.63, 3.8) is 0 Å². The third kappa shape index (κ3) is 5.19. The van der Waals surface area contributed by atoms with Crippen LogP contribution in [0, 0.1) is 18.7 Å². The molecule has 174 valence electrons. The molecule has 1 aromatic heterocycles. The van der Waals surface area contributed by atoms with Gasteiger partial charge in [-0.2, -0.15) is 4.98 Å². The van der Waals surface area contributed by atoms with Crippen LogP contribution in [0.1, 0.15) is 41.6 Å². The summed E-state index contributed by atoms with van der Waals surface area (Å²) in [5, 5.41) is 7.57. The van der Waals surface area contributed by atoms with E-state index < -0.39 is 11.7 Å². The number of fused-ring (bicyclic) bond motifs is 1. The molecule has 0 atom stereocenters. The zero-order valence-electron chi connectivity index (χ0n) is 19.2. The van der Waals surface area contributed by atoms with Crippen molar-refractivity contribution < 1.29 is 9.18 Å². The van der Waals surface area contributed by atoms with Gasteiger partial charge in [-0.1, -0.05) is 29.8 Å². The Labute approximate surface area is 198 Å². The summed E-state index contributed by atoms with van der Waals surface area (Å²) in [5.74, 6) is 0.819. The van der Waals surface area contributed by atoms with Gasteiger partial charge in [0.05, 0.1) is 16.1 Å². The molecule has 1 heterocycles. The SMILES string of the molecule is Cc1ccc(F)c(C(=O)NCC2CCC(Nc3nc(N(C)C)c4ccccc4n3)CC2)c1Cl. The number of amides is 1. The van der Waals surface area contributed by atoms with Crippen molar-refractivity contribution in [3.8, 4) is 0 Å². The van der Waals surface area contributed by atoms with Crippen LogP contribution in [0.5, 0.6) is 0 Å². The molecule has 2 N–H and O–H groups in total. The number of hydrogen-bond acceptors (Lipinski definition) is 5. The number of nitrogens with zero attached hydrogens (tertiary/aromatic N) is 3. The summed E-state index contributed by atoms with van der Waals surface area (Å²) < 4.78 is 14.1. The lowest BCUT2D eigenvalue weighted by Gasteiger charge is -2.29. The Morgan fingerprint density at radius 1 is 1.12 bits per heavy atom. The van der Waals surface area contributed by atoms with Gasteiger partial charge in [-0.15, -0.1) is 0 Å². The van der Waals surface area contributed by atoms with Crippen LogP contribution in [0.15, 0.2) is 36.4 Å². The van der Waals surface area contributed by atoms with E-state index in [4.69, 9.17) is 21.6 Å². The molecule has 0 bridgehead atoms. The van der Waals surface area contributed by atoms with Gasteiger partial charge in [0, 0.05) is 32.1 Å². The number of anilines is 2. The van der Waals surface area contributed by atoms with Crippen molar-refractivity contribution in [2.45, 2.75) is 38.6 Å². The molecule has 0 spiro atoms. The van der Waals surface area contributed by atoms with E-state index in [0.29, 0.717) is 24.0 Å².